The average Bonchev–Trinajstić information content (AvgIpc) is 2.19. The van der Waals surface area contributed by atoms with Crippen LogP contribution in [0.4, 0.5) is 4.39 Å². The number of hydrogen-bond acceptors (Lipinski definition) is 1. The summed E-state index contributed by atoms with van der Waals surface area (Å²) in [6.45, 7) is 6.44. The third-order valence-corrected chi connectivity index (χ3v) is 1.17. The lowest BCUT2D eigenvalue weighted by atomic mass is 10.1. The van der Waals surface area contributed by atoms with Crippen LogP contribution < -0.4 is 0 Å². The van der Waals surface area contributed by atoms with E-state index in [1.165, 1.54) is 0 Å². The average molecular weight is 134 g/mol. The Labute approximate surface area is 56.2 Å². The normalized spacial score (nSPS) is 33.3. The highest BCUT2D eigenvalue weighted by Gasteiger charge is 2.28. The van der Waals surface area contributed by atoms with E-state index in [-0.39, 0.29) is 6.61 Å². The zero-order chi connectivity index (χ0) is 7.33. The second-order valence-electron chi connectivity index (χ2n) is 2.22. The fourth-order valence-corrected chi connectivity index (χ4v) is 0.642. The fourth-order valence-electron chi connectivity index (χ4n) is 0.642. The minimum Gasteiger partial charge on any atom is -0.378 e. The molecule has 0 radical (unpaired) electrons. The molecular weight excluding hydrogens is 119 g/mol. The SMILES string of the molecule is CC.CC1(F)CCOC1. The number of alkyl halides is 1. The van der Waals surface area contributed by atoms with Crippen molar-refractivity contribution in [2.75, 3.05) is 13.2 Å². The predicted octanol–water partition coefficient (Wildman–Crippen LogP) is 2.16. The summed E-state index contributed by atoms with van der Waals surface area (Å²) in [4.78, 5) is 0. The van der Waals surface area contributed by atoms with Crippen molar-refractivity contribution < 1.29 is 9.13 Å². The first-order chi connectivity index (χ1) is 4.21. The van der Waals surface area contributed by atoms with Crippen LogP contribution in [-0.2, 0) is 4.74 Å². The highest BCUT2D eigenvalue weighted by atomic mass is 19.1. The van der Waals surface area contributed by atoms with E-state index in [1.807, 2.05) is 13.8 Å². The number of rotatable bonds is 0. The number of ether oxygens (including phenoxy) is 1. The van der Waals surface area contributed by atoms with Crippen molar-refractivity contribution in [2.24, 2.45) is 0 Å². The van der Waals surface area contributed by atoms with Crippen LogP contribution in [0.25, 0.3) is 0 Å². The van der Waals surface area contributed by atoms with Gasteiger partial charge in [0.25, 0.3) is 0 Å². The van der Waals surface area contributed by atoms with Gasteiger partial charge in [-0.1, -0.05) is 13.8 Å². The van der Waals surface area contributed by atoms with E-state index in [0.717, 1.165) is 0 Å². The van der Waals surface area contributed by atoms with Crippen molar-refractivity contribution in [1.82, 2.24) is 0 Å². The molecule has 1 atom stereocenters. The molecule has 1 aliphatic heterocycles. The molecule has 0 N–H and O–H groups in total. The van der Waals surface area contributed by atoms with Gasteiger partial charge in [-0.2, -0.15) is 0 Å². The first-order valence-electron chi connectivity index (χ1n) is 3.47. The summed E-state index contributed by atoms with van der Waals surface area (Å²) in [6.07, 6.45) is 0.562. The van der Waals surface area contributed by atoms with Gasteiger partial charge in [0, 0.05) is 13.0 Å². The molecule has 1 saturated heterocycles. The van der Waals surface area contributed by atoms with Crippen LogP contribution in [0, 0.1) is 0 Å². The van der Waals surface area contributed by atoms with Crippen molar-refractivity contribution >= 4 is 0 Å². The van der Waals surface area contributed by atoms with Gasteiger partial charge in [-0.25, -0.2) is 4.39 Å². The molecule has 0 spiro atoms. The van der Waals surface area contributed by atoms with Crippen LogP contribution in [0.2, 0.25) is 0 Å². The van der Waals surface area contributed by atoms with Crippen molar-refractivity contribution in [1.29, 1.82) is 0 Å². The third kappa shape index (κ3) is 3.46. The molecule has 1 fully saturated rings. The first-order valence-corrected chi connectivity index (χ1v) is 3.47. The van der Waals surface area contributed by atoms with Crippen LogP contribution in [-0.4, -0.2) is 18.9 Å². The lowest BCUT2D eigenvalue weighted by Crippen LogP contribution is -2.15. The van der Waals surface area contributed by atoms with Crippen molar-refractivity contribution in [2.45, 2.75) is 32.9 Å². The molecule has 56 valence electrons. The zero-order valence-corrected chi connectivity index (χ0v) is 6.41. The standard InChI is InChI=1S/C5H9FO.C2H6/c1-5(6)2-3-7-4-5;1-2/h2-4H2,1H3;1-2H3. The van der Waals surface area contributed by atoms with E-state index in [4.69, 9.17) is 4.74 Å². The van der Waals surface area contributed by atoms with E-state index in [0.29, 0.717) is 13.0 Å². The van der Waals surface area contributed by atoms with Crippen LogP contribution in [0.5, 0.6) is 0 Å². The van der Waals surface area contributed by atoms with Gasteiger partial charge in [0.2, 0.25) is 0 Å². The van der Waals surface area contributed by atoms with Gasteiger partial charge in [-0.05, 0) is 6.92 Å². The molecule has 0 aromatic heterocycles. The Balaban J connectivity index is 0.000000291. The second kappa shape index (κ2) is 3.83. The summed E-state index contributed by atoms with van der Waals surface area (Å²) in [5, 5.41) is 0. The van der Waals surface area contributed by atoms with Gasteiger partial charge in [0.05, 0.1) is 6.61 Å². The quantitative estimate of drug-likeness (QED) is 0.493. The van der Waals surface area contributed by atoms with Crippen LogP contribution in [0.3, 0.4) is 0 Å². The maximum Gasteiger partial charge on any atom is 0.133 e. The van der Waals surface area contributed by atoms with E-state index >= 15 is 0 Å². The molecule has 1 nitrogen and oxygen atoms in total. The maximum atomic E-state index is 12.5. The molecule has 2 heteroatoms. The highest BCUT2D eigenvalue weighted by molar-refractivity contribution is 4.76. The molecule has 0 aromatic rings. The minimum atomic E-state index is -1.03. The van der Waals surface area contributed by atoms with E-state index in [9.17, 15) is 4.39 Å². The summed E-state index contributed by atoms with van der Waals surface area (Å²) < 4.78 is 17.3. The molecule has 1 aliphatic rings. The smallest absolute Gasteiger partial charge is 0.133 e. The molecular formula is C7H15FO. The second-order valence-corrected chi connectivity index (χ2v) is 2.22. The molecule has 9 heavy (non-hydrogen) atoms. The Morgan fingerprint density at radius 1 is 1.44 bits per heavy atom. The summed E-state index contributed by atoms with van der Waals surface area (Å²) in [6, 6.07) is 0. The van der Waals surface area contributed by atoms with Crippen molar-refractivity contribution in [3.8, 4) is 0 Å². The van der Waals surface area contributed by atoms with Gasteiger partial charge in [0.15, 0.2) is 0 Å². The van der Waals surface area contributed by atoms with Gasteiger partial charge < -0.3 is 4.74 Å². The van der Waals surface area contributed by atoms with Gasteiger partial charge in [-0.15, -0.1) is 0 Å². The monoisotopic (exact) mass is 134 g/mol. The molecule has 0 bridgehead atoms. The van der Waals surface area contributed by atoms with Gasteiger partial charge in [-0.3, -0.25) is 0 Å². The molecule has 0 aromatic carbocycles. The lowest BCUT2D eigenvalue weighted by molar-refractivity contribution is 0.126. The summed E-state index contributed by atoms with van der Waals surface area (Å²) in [7, 11) is 0. The van der Waals surface area contributed by atoms with Gasteiger partial charge >= 0.3 is 0 Å². The number of hydrogen-bond donors (Lipinski definition) is 0. The summed E-state index contributed by atoms with van der Waals surface area (Å²) in [5.41, 5.74) is -1.03. The molecule has 0 amide bonds. The lowest BCUT2D eigenvalue weighted by Gasteiger charge is -2.06. The van der Waals surface area contributed by atoms with E-state index < -0.39 is 5.67 Å². The number of halogens is 1. The first kappa shape index (κ1) is 8.89. The Morgan fingerprint density at radius 2 is 2.00 bits per heavy atom. The predicted molar refractivity (Wildman–Crippen MR) is 36.3 cm³/mol. The molecule has 0 aliphatic carbocycles. The van der Waals surface area contributed by atoms with Crippen LogP contribution >= 0.6 is 0 Å². The molecule has 0 saturated carbocycles. The Kier molecular flexibility index (Phi) is 3.78. The topological polar surface area (TPSA) is 9.23 Å². The molecule has 1 unspecified atom stereocenters. The van der Waals surface area contributed by atoms with E-state index in [1.54, 1.807) is 6.92 Å². The fraction of sp³-hybridized carbons (Fsp3) is 1.00. The molecule has 1 heterocycles. The van der Waals surface area contributed by atoms with Crippen molar-refractivity contribution in [3.63, 3.8) is 0 Å². The highest BCUT2D eigenvalue weighted by Crippen LogP contribution is 2.21. The van der Waals surface area contributed by atoms with Gasteiger partial charge in [0.1, 0.15) is 5.67 Å². The zero-order valence-electron chi connectivity index (χ0n) is 6.41. The Bertz CT molecular complexity index is 63.3. The van der Waals surface area contributed by atoms with E-state index in [2.05, 4.69) is 0 Å². The largest absolute Gasteiger partial charge is 0.378 e. The Hall–Kier alpha value is -0.110. The molecule has 1 rings (SSSR count). The Morgan fingerprint density at radius 3 is 2.11 bits per heavy atom. The summed E-state index contributed by atoms with van der Waals surface area (Å²) in [5.74, 6) is 0. The van der Waals surface area contributed by atoms with Crippen LogP contribution in [0.1, 0.15) is 27.2 Å². The maximum absolute atomic E-state index is 12.5. The minimum absolute atomic E-state index is 0.285. The summed E-state index contributed by atoms with van der Waals surface area (Å²) >= 11 is 0. The van der Waals surface area contributed by atoms with Crippen LogP contribution in [0.15, 0.2) is 0 Å². The van der Waals surface area contributed by atoms with Crippen molar-refractivity contribution in [3.05, 3.63) is 0 Å². The third-order valence-electron chi connectivity index (χ3n) is 1.17.